The summed E-state index contributed by atoms with van der Waals surface area (Å²) in [6.45, 7) is 7.34. The molecule has 2 aromatic carbocycles. The van der Waals surface area contributed by atoms with E-state index in [4.69, 9.17) is 0 Å². The van der Waals surface area contributed by atoms with Crippen molar-refractivity contribution in [2.24, 2.45) is 0 Å². The van der Waals surface area contributed by atoms with Crippen molar-refractivity contribution in [1.82, 2.24) is 10.2 Å². The number of nitrogens with zero attached hydrogens (tertiary/aromatic N) is 2. The van der Waals surface area contributed by atoms with Crippen molar-refractivity contribution in [3.8, 4) is 0 Å². The van der Waals surface area contributed by atoms with Crippen LogP contribution in [-0.2, 0) is 26.2 Å². The van der Waals surface area contributed by atoms with Crippen molar-refractivity contribution >= 4 is 33.3 Å². The minimum absolute atomic E-state index is 0.163. The van der Waals surface area contributed by atoms with E-state index in [1.165, 1.54) is 17.9 Å². The van der Waals surface area contributed by atoms with Crippen molar-refractivity contribution in [2.45, 2.75) is 59.5 Å². The fourth-order valence-electron chi connectivity index (χ4n) is 3.89. The van der Waals surface area contributed by atoms with Gasteiger partial charge in [-0.25, -0.2) is 8.42 Å². The van der Waals surface area contributed by atoms with E-state index in [0.29, 0.717) is 18.5 Å². The number of aryl methyl sites for hydroxylation is 1. The minimum Gasteiger partial charge on any atom is -0.354 e. The number of rotatable bonds is 13. The molecule has 0 aliphatic heterocycles. The topological polar surface area (TPSA) is 104 Å². The third-order valence-electron chi connectivity index (χ3n) is 6.04. The molecule has 36 heavy (non-hydrogen) atoms. The molecule has 0 saturated heterocycles. The van der Waals surface area contributed by atoms with E-state index in [2.05, 4.69) is 5.32 Å². The molecular formula is C27H37N3O5S. The number of unbranched alkanes of at least 4 members (excludes halogenated alkanes) is 1. The van der Waals surface area contributed by atoms with E-state index in [1.54, 1.807) is 18.2 Å². The van der Waals surface area contributed by atoms with Gasteiger partial charge in [-0.05, 0) is 49.9 Å². The molecule has 0 bridgehead atoms. The zero-order chi connectivity index (χ0) is 26.9. The molecule has 0 saturated carbocycles. The van der Waals surface area contributed by atoms with Gasteiger partial charge in [0, 0.05) is 18.7 Å². The van der Waals surface area contributed by atoms with Crippen LogP contribution in [0.4, 0.5) is 5.69 Å². The minimum atomic E-state index is -3.87. The smallest absolute Gasteiger partial charge is 0.244 e. The molecule has 9 heteroatoms. The van der Waals surface area contributed by atoms with Gasteiger partial charge in [0.05, 0.1) is 11.9 Å². The molecule has 2 amide bonds. The van der Waals surface area contributed by atoms with Crippen LogP contribution in [0.5, 0.6) is 0 Å². The Balaban J connectivity index is 2.45. The summed E-state index contributed by atoms with van der Waals surface area (Å²) in [6, 6.07) is 13.0. The van der Waals surface area contributed by atoms with Gasteiger partial charge >= 0.3 is 0 Å². The molecule has 0 unspecified atom stereocenters. The maximum absolute atomic E-state index is 13.7. The molecule has 0 heterocycles. The molecule has 0 spiro atoms. The van der Waals surface area contributed by atoms with Gasteiger partial charge in [-0.1, -0.05) is 56.7 Å². The average Bonchev–Trinajstić information content (AvgIpc) is 2.83. The summed E-state index contributed by atoms with van der Waals surface area (Å²) in [6.07, 6.45) is 3.13. The lowest BCUT2D eigenvalue weighted by Crippen LogP contribution is -2.52. The maximum atomic E-state index is 13.7. The van der Waals surface area contributed by atoms with E-state index in [1.807, 2.05) is 45.0 Å². The van der Waals surface area contributed by atoms with Crippen molar-refractivity contribution in [2.75, 3.05) is 23.7 Å². The molecule has 196 valence electrons. The summed E-state index contributed by atoms with van der Waals surface area (Å²) in [7, 11) is -3.87. The molecule has 2 aromatic rings. The summed E-state index contributed by atoms with van der Waals surface area (Å²) < 4.78 is 26.4. The van der Waals surface area contributed by atoms with Gasteiger partial charge in [0.25, 0.3) is 0 Å². The Bertz CT molecular complexity index is 1180. The van der Waals surface area contributed by atoms with Gasteiger partial charge in [-0.2, -0.15) is 0 Å². The predicted octanol–water partition coefficient (Wildman–Crippen LogP) is 3.69. The highest BCUT2D eigenvalue weighted by Crippen LogP contribution is 2.22. The number of amides is 2. The fraction of sp³-hybridized carbons (Fsp3) is 0.444. The largest absolute Gasteiger partial charge is 0.354 e. The molecule has 1 N–H and O–H groups in total. The summed E-state index contributed by atoms with van der Waals surface area (Å²) in [5.41, 5.74) is 2.39. The van der Waals surface area contributed by atoms with Crippen LogP contribution in [0.2, 0.25) is 0 Å². The molecule has 0 radical (unpaired) electrons. The van der Waals surface area contributed by atoms with Crippen LogP contribution in [-0.4, -0.2) is 56.3 Å². The van der Waals surface area contributed by atoms with Crippen molar-refractivity contribution in [1.29, 1.82) is 0 Å². The second-order valence-corrected chi connectivity index (χ2v) is 10.8. The number of carbonyl (C=O) groups is 3. The Morgan fingerprint density at radius 3 is 2.31 bits per heavy atom. The first-order valence-corrected chi connectivity index (χ1v) is 14.0. The highest BCUT2D eigenvalue weighted by molar-refractivity contribution is 7.92. The Labute approximate surface area is 214 Å². The molecule has 0 aliphatic carbocycles. The van der Waals surface area contributed by atoms with E-state index in [0.717, 1.165) is 34.5 Å². The van der Waals surface area contributed by atoms with Gasteiger partial charge < -0.3 is 10.2 Å². The van der Waals surface area contributed by atoms with Gasteiger partial charge in [-0.3, -0.25) is 18.7 Å². The Morgan fingerprint density at radius 1 is 1.03 bits per heavy atom. The molecule has 0 aliphatic rings. The van der Waals surface area contributed by atoms with Crippen LogP contribution in [0.3, 0.4) is 0 Å². The quantitative estimate of drug-likeness (QED) is 0.324. The number of benzene rings is 2. The molecule has 2 rings (SSSR count). The van der Waals surface area contributed by atoms with Crippen LogP contribution >= 0.6 is 0 Å². The van der Waals surface area contributed by atoms with Crippen LogP contribution < -0.4 is 9.62 Å². The normalized spacial score (nSPS) is 12.0. The lowest BCUT2D eigenvalue weighted by Gasteiger charge is -2.33. The molecule has 8 nitrogen and oxygen atoms in total. The van der Waals surface area contributed by atoms with Crippen LogP contribution in [0, 0.1) is 6.92 Å². The number of sulfonamides is 1. The fourth-order valence-corrected chi connectivity index (χ4v) is 4.73. The zero-order valence-corrected chi connectivity index (χ0v) is 22.6. The maximum Gasteiger partial charge on any atom is 0.244 e. The third kappa shape index (κ3) is 7.91. The average molecular weight is 516 g/mol. The number of carbonyl (C=O) groups excluding carboxylic acids is 3. The van der Waals surface area contributed by atoms with Crippen molar-refractivity contribution < 1.29 is 22.8 Å². The molecule has 1 atom stereocenters. The Kier molecular flexibility index (Phi) is 10.6. The number of hydrogen-bond acceptors (Lipinski definition) is 5. The standard InChI is InChI=1S/C27H37N3O5S/c1-6-8-16-28-27(33)25(7-2)29(18-23-13-10-9-12-20(23)3)26(32)19-30(36(5,34)35)24-15-11-14-22(17-24)21(4)31/h9-15,17,25H,6-8,16,18-19H2,1-5H3,(H,28,33)/t25-/m1/s1. The first-order valence-electron chi connectivity index (χ1n) is 12.2. The zero-order valence-electron chi connectivity index (χ0n) is 21.8. The lowest BCUT2D eigenvalue weighted by molar-refractivity contribution is -0.140. The van der Waals surface area contributed by atoms with E-state index >= 15 is 0 Å². The summed E-state index contributed by atoms with van der Waals surface area (Å²) >= 11 is 0. The number of nitrogens with one attached hydrogen (secondary N) is 1. The summed E-state index contributed by atoms with van der Waals surface area (Å²) in [4.78, 5) is 40.1. The summed E-state index contributed by atoms with van der Waals surface area (Å²) in [5.74, 6) is -0.987. The predicted molar refractivity (Wildman–Crippen MR) is 142 cm³/mol. The van der Waals surface area contributed by atoms with Crippen molar-refractivity contribution in [3.05, 3.63) is 65.2 Å². The second-order valence-electron chi connectivity index (χ2n) is 8.89. The highest BCUT2D eigenvalue weighted by atomic mass is 32.2. The third-order valence-corrected chi connectivity index (χ3v) is 7.18. The Morgan fingerprint density at radius 2 is 1.72 bits per heavy atom. The number of ketones is 1. The first-order chi connectivity index (χ1) is 17.0. The first kappa shape index (κ1) is 29.0. The van der Waals surface area contributed by atoms with Crippen LogP contribution in [0.15, 0.2) is 48.5 Å². The number of hydrogen-bond donors (Lipinski definition) is 1. The molecule has 0 fully saturated rings. The second kappa shape index (κ2) is 13.2. The molecular weight excluding hydrogens is 478 g/mol. The van der Waals surface area contributed by atoms with Gasteiger partial charge in [0.15, 0.2) is 5.78 Å². The van der Waals surface area contributed by atoms with E-state index in [-0.39, 0.29) is 23.9 Å². The Hall–Kier alpha value is -3.20. The number of Topliss-reactive ketones (excluding diaryl/α,β-unsaturated/α-hetero) is 1. The highest BCUT2D eigenvalue weighted by Gasteiger charge is 2.32. The lowest BCUT2D eigenvalue weighted by atomic mass is 10.1. The summed E-state index contributed by atoms with van der Waals surface area (Å²) in [5, 5.41) is 2.90. The van der Waals surface area contributed by atoms with Crippen LogP contribution in [0.25, 0.3) is 0 Å². The number of anilines is 1. The van der Waals surface area contributed by atoms with Gasteiger partial charge in [0.1, 0.15) is 12.6 Å². The van der Waals surface area contributed by atoms with Crippen molar-refractivity contribution in [3.63, 3.8) is 0 Å². The van der Waals surface area contributed by atoms with Gasteiger partial charge in [-0.15, -0.1) is 0 Å². The monoisotopic (exact) mass is 515 g/mol. The SMILES string of the molecule is CCCCNC(=O)[C@@H](CC)N(Cc1ccccc1C)C(=O)CN(c1cccc(C(C)=O)c1)S(C)(=O)=O. The van der Waals surface area contributed by atoms with E-state index in [9.17, 15) is 22.8 Å². The van der Waals surface area contributed by atoms with Gasteiger partial charge in [0.2, 0.25) is 21.8 Å². The van der Waals surface area contributed by atoms with Crippen LogP contribution in [0.1, 0.15) is 61.5 Å². The molecule has 0 aromatic heterocycles. The van der Waals surface area contributed by atoms with E-state index < -0.39 is 28.5 Å².